The van der Waals surface area contributed by atoms with Crippen LogP contribution in [0.4, 0.5) is 0 Å². The smallest absolute Gasteiger partial charge is 0.268 e. The van der Waals surface area contributed by atoms with E-state index >= 15 is 0 Å². The predicted octanol–water partition coefficient (Wildman–Crippen LogP) is 2.92. The lowest BCUT2D eigenvalue weighted by molar-refractivity contribution is 0.0995. The number of carbonyl (C=O) groups excluding carboxylic acids is 1. The molecule has 0 aliphatic heterocycles. The third-order valence-electron chi connectivity index (χ3n) is 4.15. The van der Waals surface area contributed by atoms with Crippen molar-refractivity contribution in [2.75, 3.05) is 6.61 Å². The van der Waals surface area contributed by atoms with Crippen molar-refractivity contribution in [3.63, 3.8) is 0 Å². The van der Waals surface area contributed by atoms with Crippen molar-refractivity contribution in [2.45, 2.75) is 25.5 Å². The SMILES string of the molecule is NC(=O)c1cn(CC(O)CCCOc2cccc(-c3ccc(Cl)nc3)c2)cn1. The Bertz CT molecular complexity index is 927. The first-order valence-electron chi connectivity index (χ1n) is 8.85. The normalized spacial score (nSPS) is 11.9. The minimum absolute atomic E-state index is 0.186. The number of halogens is 1. The highest BCUT2D eigenvalue weighted by molar-refractivity contribution is 6.29. The number of benzene rings is 1. The lowest BCUT2D eigenvalue weighted by Crippen LogP contribution is -2.16. The molecule has 0 spiro atoms. The molecule has 0 bridgehead atoms. The van der Waals surface area contributed by atoms with Gasteiger partial charge in [-0.15, -0.1) is 0 Å². The van der Waals surface area contributed by atoms with Gasteiger partial charge in [-0.05, 0) is 42.7 Å². The van der Waals surface area contributed by atoms with Crippen molar-refractivity contribution in [1.29, 1.82) is 0 Å². The molecular formula is C20H21ClN4O3. The summed E-state index contributed by atoms with van der Waals surface area (Å²) in [6, 6.07) is 11.4. The Morgan fingerprint density at radius 3 is 2.82 bits per heavy atom. The average Bonchev–Trinajstić information content (AvgIpc) is 3.15. The van der Waals surface area contributed by atoms with E-state index in [0.717, 1.165) is 16.9 Å². The van der Waals surface area contributed by atoms with Crippen molar-refractivity contribution < 1.29 is 14.6 Å². The molecule has 0 aliphatic rings. The van der Waals surface area contributed by atoms with Gasteiger partial charge in [-0.2, -0.15) is 0 Å². The molecular weight excluding hydrogens is 380 g/mol. The van der Waals surface area contributed by atoms with Gasteiger partial charge in [-0.25, -0.2) is 9.97 Å². The fourth-order valence-electron chi connectivity index (χ4n) is 2.74. The van der Waals surface area contributed by atoms with Gasteiger partial charge in [0.05, 0.1) is 19.0 Å². The molecule has 1 aromatic carbocycles. The number of carbonyl (C=O) groups is 1. The Labute approximate surface area is 167 Å². The Hall–Kier alpha value is -2.90. The van der Waals surface area contributed by atoms with E-state index < -0.39 is 12.0 Å². The molecule has 146 valence electrons. The third-order valence-corrected chi connectivity index (χ3v) is 4.38. The number of aliphatic hydroxyl groups is 1. The zero-order valence-corrected chi connectivity index (χ0v) is 15.9. The number of pyridine rings is 1. The Balaban J connectivity index is 1.45. The molecule has 28 heavy (non-hydrogen) atoms. The number of aliphatic hydroxyl groups excluding tert-OH is 1. The van der Waals surface area contributed by atoms with Crippen LogP contribution in [0.2, 0.25) is 5.15 Å². The van der Waals surface area contributed by atoms with Crippen LogP contribution in [0.1, 0.15) is 23.3 Å². The molecule has 1 unspecified atom stereocenters. The van der Waals surface area contributed by atoms with Crippen LogP contribution >= 0.6 is 11.6 Å². The van der Waals surface area contributed by atoms with Crippen LogP contribution in [-0.4, -0.2) is 38.3 Å². The number of rotatable bonds is 9. The third kappa shape index (κ3) is 5.55. The zero-order valence-electron chi connectivity index (χ0n) is 15.2. The number of amides is 1. The second-order valence-electron chi connectivity index (χ2n) is 6.36. The molecule has 0 saturated heterocycles. The van der Waals surface area contributed by atoms with Crippen LogP contribution in [-0.2, 0) is 6.54 Å². The summed E-state index contributed by atoms with van der Waals surface area (Å²) in [6.45, 7) is 0.829. The van der Waals surface area contributed by atoms with E-state index in [1.807, 2.05) is 30.3 Å². The summed E-state index contributed by atoms with van der Waals surface area (Å²) in [7, 11) is 0. The van der Waals surface area contributed by atoms with E-state index in [9.17, 15) is 9.90 Å². The first-order valence-corrected chi connectivity index (χ1v) is 9.23. The second kappa shape index (κ2) is 9.34. The highest BCUT2D eigenvalue weighted by Crippen LogP contribution is 2.24. The zero-order chi connectivity index (χ0) is 19.9. The van der Waals surface area contributed by atoms with Crippen molar-refractivity contribution >= 4 is 17.5 Å². The Kier molecular flexibility index (Phi) is 6.62. The number of imidazole rings is 1. The lowest BCUT2D eigenvalue weighted by atomic mass is 10.1. The maximum Gasteiger partial charge on any atom is 0.268 e. The molecule has 0 radical (unpaired) electrons. The maximum absolute atomic E-state index is 11.0. The Morgan fingerprint density at radius 1 is 1.25 bits per heavy atom. The standard InChI is InChI=1S/C20H21ClN4O3/c21-19-7-6-15(10-23-19)14-3-1-5-17(9-14)28-8-2-4-16(26)11-25-12-18(20(22)27)24-13-25/h1,3,5-7,9-10,12-13,16,26H,2,4,8,11H2,(H2,22,27). The molecule has 0 fully saturated rings. The topological polar surface area (TPSA) is 103 Å². The molecule has 3 N–H and O–H groups in total. The number of aromatic nitrogens is 3. The van der Waals surface area contributed by atoms with Crippen molar-refractivity contribution in [3.05, 3.63) is 66.0 Å². The molecule has 3 rings (SSSR count). The van der Waals surface area contributed by atoms with Crippen LogP contribution in [0.3, 0.4) is 0 Å². The molecule has 8 heteroatoms. The van der Waals surface area contributed by atoms with Gasteiger partial charge >= 0.3 is 0 Å². The fraction of sp³-hybridized carbons (Fsp3) is 0.250. The first-order chi connectivity index (χ1) is 13.5. The van der Waals surface area contributed by atoms with Crippen LogP contribution in [0.15, 0.2) is 55.1 Å². The van der Waals surface area contributed by atoms with Gasteiger partial charge in [0, 0.05) is 24.5 Å². The lowest BCUT2D eigenvalue weighted by Gasteiger charge is -2.12. The molecule has 7 nitrogen and oxygen atoms in total. The summed E-state index contributed by atoms with van der Waals surface area (Å²) in [5.41, 5.74) is 7.30. The summed E-state index contributed by atoms with van der Waals surface area (Å²) in [6.07, 6.45) is 5.41. The van der Waals surface area contributed by atoms with E-state index in [0.29, 0.717) is 31.1 Å². The van der Waals surface area contributed by atoms with Crippen LogP contribution in [0, 0.1) is 0 Å². The van der Waals surface area contributed by atoms with Crippen molar-refractivity contribution in [2.24, 2.45) is 5.73 Å². The number of hydrogen-bond acceptors (Lipinski definition) is 5. The van der Waals surface area contributed by atoms with Gasteiger partial charge in [0.25, 0.3) is 5.91 Å². The number of nitrogens with zero attached hydrogens (tertiary/aromatic N) is 3. The molecule has 3 aromatic rings. The monoisotopic (exact) mass is 400 g/mol. The largest absolute Gasteiger partial charge is 0.494 e. The van der Waals surface area contributed by atoms with Crippen molar-refractivity contribution in [3.8, 4) is 16.9 Å². The summed E-state index contributed by atoms with van der Waals surface area (Å²) in [4.78, 5) is 19.0. The number of ether oxygens (including phenoxy) is 1. The second-order valence-corrected chi connectivity index (χ2v) is 6.75. The molecule has 2 aromatic heterocycles. The van der Waals surface area contributed by atoms with Crippen molar-refractivity contribution in [1.82, 2.24) is 14.5 Å². The molecule has 0 aliphatic carbocycles. The molecule has 0 saturated carbocycles. The number of nitrogens with two attached hydrogens (primary N) is 1. The average molecular weight is 401 g/mol. The minimum Gasteiger partial charge on any atom is -0.494 e. The molecule has 2 heterocycles. The highest BCUT2D eigenvalue weighted by atomic mass is 35.5. The maximum atomic E-state index is 11.0. The summed E-state index contributed by atoms with van der Waals surface area (Å²) < 4.78 is 7.44. The minimum atomic E-state index is -0.585. The number of primary amides is 1. The van der Waals surface area contributed by atoms with Crippen LogP contribution < -0.4 is 10.5 Å². The first kappa shape index (κ1) is 19.9. The van der Waals surface area contributed by atoms with E-state index in [-0.39, 0.29) is 5.69 Å². The molecule has 1 amide bonds. The summed E-state index contributed by atoms with van der Waals surface area (Å²) >= 11 is 5.82. The van der Waals surface area contributed by atoms with Gasteiger partial charge in [-0.1, -0.05) is 23.7 Å². The Morgan fingerprint density at radius 2 is 2.11 bits per heavy atom. The van der Waals surface area contributed by atoms with Crippen LogP contribution in [0.5, 0.6) is 5.75 Å². The highest BCUT2D eigenvalue weighted by Gasteiger charge is 2.09. The van der Waals surface area contributed by atoms with E-state index in [1.165, 1.54) is 12.5 Å². The van der Waals surface area contributed by atoms with Crippen LogP contribution in [0.25, 0.3) is 11.1 Å². The molecule has 1 atom stereocenters. The fourth-order valence-corrected chi connectivity index (χ4v) is 2.85. The van der Waals surface area contributed by atoms with Gasteiger partial charge in [0.2, 0.25) is 0 Å². The number of hydrogen-bond donors (Lipinski definition) is 2. The summed E-state index contributed by atoms with van der Waals surface area (Å²) in [5.74, 6) is 0.168. The van der Waals surface area contributed by atoms with E-state index in [4.69, 9.17) is 22.1 Å². The van der Waals surface area contributed by atoms with E-state index in [1.54, 1.807) is 16.8 Å². The van der Waals surface area contributed by atoms with Gasteiger partial charge in [0.1, 0.15) is 16.6 Å². The predicted molar refractivity (Wildman–Crippen MR) is 106 cm³/mol. The van der Waals surface area contributed by atoms with Gasteiger partial charge in [-0.3, -0.25) is 4.79 Å². The van der Waals surface area contributed by atoms with Gasteiger partial charge in [0.15, 0.2) is 0 Å². The quantitative estimate of drug-likeness (QED) is 0.424. The van der Waals surface area contributed by atoms with E-state index in [2.05, 4.69) is 9.97 Å². The summed E-state index contributed by atoms with van der Waals surface area (Å²) in [5, 5.41) is 10.6. The van der Waals surface area contributed by atoms with Gasteiger partial charge < -0.3 is 20.1 Å².